The van der Waals surface area contributed by atoms with Crippen LogP contribution in [-0.4, -0.2) is 29.5 Å². The Labute approximate surface area is 136 Å². The van der Waals surface area contributed by atoms with Crippen molar-refractivity contribution in [3.05, 3.63) is 54.1 Å². The molecule has 0 aliphatic rings. The summed E-state index contributed by atoms with van der Waals surface area (Å²) >= 11 is 0. The van der Waals surface area contributed by atoms with Gasteiger partial charge in [-0.15, -0.1) is 0 Å². The minimum absolute atomic E-state index is 0.240. The molecule has 0 fully saturated rings. The standard InChI is InChI=1S/C16H12N8/c1-10-21-15-13(9-20-23(15)12-5-3-2-4-6-12)16(22-10)24-14(18)11(7-17)8-19-24/h2-6,8-9H,18H2,1H3. The smallest absolute Gasteiger partial charge is 0.170 e. The highest BCUT2D eigenvalue weighted by Gasteiger charge is 2.17. The van der Waals surface area contributed by atoms with Gasteiger partial charge in [-0.25, -0.2) is 14.6 Å². The Morgan fingerprint density at radius 2 is 1.79 bits per heavy atom. The van der Waals surface area contributed by atoms with E-state index >= 15 is 0 Å². The molecule has 0 atom stereocenters. The number of nitriles is 1. The van der Waals surface area contributed by atoms with Gasteiger partial charge in [-0.05, 0) is 19.1 Å². The van der Waals surface area contributed by atoms with Crippen LogP contribution in [0.1, 0.15) is 11.4 Å². The Kier molecular flexibility index (Phi) is 2.99. The number of benzene rings is 1. The number of aryl methyl sites for hydroxylation is 1. The zero-order valence-electron chi connectivity index (χ0n) is 12.7. The number of rotatable bonds is 2. The number of nitrogen functional groups attached to an aromatic ring is 1. The molecule has 4 aromatic rings. The second-order valence-electron chi connectivity index (χ2n) is 5.19. The fraction of sp³-hybridized carbons (Fsp3) is 0.0625. The van der Waals surface area contributed by atoms with Gasteiger partial charge in [-0.3, -0.25) is 0 Å². The second-order valence-corrected chi connectivity index (χ2v) is 5.19. The summed E-state index contributed by atoms with van der Waals surface area (Å²) in [7, 11) is 0. The lowest BCUT2D eigenvalue weighted by atomic mass is 10.3. The molecule has 2 N–H and O–H groups in total. The van der Waals surface area contributed by atoms with E-state index in [0.29, 0.717) is 28.2 Å². The average molecular weight is 316 g/mol. The van der Waals surface area contributed by atoms with Crippen LogP contribution in [0.25, 0.3) is 22.5 Å². The maximum Gasteiger partial charge on any atom is 0.170 e. The van der Waals surface area contributed by atoms with Gasteiger partial charge >= 0.3 is 0 Å². The highest BCUT2D eigenvalue weighted by atomic mass is 15.4. The maximum absolute atomic E-state index is 9.07. The first-order valence-corrected chi connectivity index (χ1v) is 7.21. The lowest BCUT2D eigenvalue weighted by Gasteiger charge is -2.07. The molecule has 0 aliphatic carbocycles. The van der Waals surface area contributed by atoms with Gasteiger partial charge in [-0.2, -0.15) is 20.1 Å². The van der Waals surface area contributed by atoms with Gasteiger partial charge in [0.25, 0.3) is 0 Å². The molecule has 0 radical (unpaired) electrons. The number of hydrogen-bond acceptors (Lipinski definition) is 6. The SMILES string of the molecule is Cc1nc(-n2ncc(C#N)c2N)c2cnn(-c3ccccc3)c2n1. The van der Waals surface area contributed by atoms with Gasteiger partial charge in [0.1, 0.15) is 23.3 Å². The third-order valence-electron chi connectivity index (χ3n) is 3.65. The number of nitrogens with zero attached hydrogens (tertiary/aromatic N) is 7. The van der Waals surface area contributed by atoms with Crippen molar-refractivity contribution in [1.82, 2.24) is 29.5 Å². The Morgan fingerprint density at radius 1 is 1.04 bits per heavy atom. The molecule has 0 spiro atoms. The molecule has 0 saturated carbocycles. The molecule has 8 heteroatoms. The molecule has 0 unspecified atom stereocenters. The Hall–Kier alpha value is -3.73. The molecule has 4 rings (SSSR count). The van der Waals surface area contributed by atoms with Crippen LogP contribution in [-0.2, 0) is 0 Å². The molecule has 0 aliphatic heterocycles. The summed E-state index contributed by atoms with van der Waals surface area (Å²) in [6.45, 7) is 1.79. The van der Waals surface area contributed by atoms with Gasteiger partial charge in [-0.1, -0.05) is 18.2 Å². The predicted octanol–water partition coefficient (Wildman–Crippen LogP) is 1.76. The molecule has 1 aromatic carbocycles. The maximum atomic E-state index is 9.07. The van der Waals surface area contributed by atoms with Crippen molar-refractivity contribution in [2.75, 3.05) is 5.73 Å². The van der Waals surface area contributed by atoms with E-state index in [2.05, 4.69) is 20.2 Å². The van der Waals surface area contributed by atoms with E-state index in [9.17, 15) is 0 Å². The quantitative estimate of drug-likeness (QED) is 0.603. The average Bonchev–Trinajstić information content (AvgIpc) is 3.18. The van der Waals surface area contributed by atoms with Crippen LogP contribution in [0.2, 0.25) is 0 Å². The van der Waals surface area contributed by atoms with Crippen molar-refractivity contribution in [3.8, 4) is 17.6 Å². The fourth-order valence-corrected chi connectivity index (χ4v) is 2.53. The summed E-state index contributed by atoms with van der Waals surface area (Å²) in [5.74, 6) is 1.30. The first-order chi connectivity index (χ1) is 11.7. The van der Waals surface area contributed by atoms with Gasteiger partial charge in [0.15, 0.2) is 11.5 Å². The predicted molar refractivity (Wildman–Crippen MR) is 87.6 cm³/mol. The number of anilines is 1. The molecule has 24 heavy (non-hydrogen) atoms. The first-order valence-electron chi connectivity index (χ1n) is 7.21. The van der Waals surface area contributed by atoms with Crippen LogP contribution in [0, 0.1) is 18.3 Å². The second kappa shape index (κ2) is 5.17. The van der Waals surface area contributed by atoms with Crippen LogP contribution >= 0.6 is 0 Å². The van der Waals surface area contributed by atoms with Crippen LogP contribution in [0.15, 0.2) is 42.7 Å². The molecular formula is C16H12N8. The summed E-state index contributed by atoms with van der Waals surface area (Å²) in [6.07, 6.45) is 3.09. The Morgan fingerprint density at radius 3 is 2.50 bits per heavy atom. The van der Waals surface area contributed by atoms with E-state index in [1.54, 1.807) is 17.8 Å². The van der Waals surface area contributed by atoms with E-state index in [-0.39, 0.29) is 5.82 Å². The van der Waals surface area contributed by atoms with E-state index in [1.807, 2.05) is 36.4 Å². The van der Waals surface area contributed by atoms with Crippen LogP contribution < -0.4 is 5.73 Å². The monoisotopic (exact) mass is 316 g/mol. The third-order valence-corrected chi connectivity index (χ3v) is 3.65. The third kappa shape index (κ3) is 1.99. The van der Waals surface area contributed by atoms with Crippen LogP contribution in [0.3, 0.4) is 0 Å². The highest BCUT2D eigenvalue weighted by molar-refractivity contribution is 5.84. The zero-order chi connectivity index (χ0) is 16.7. The number of hydrogen-bond donors (Lipinski definition) is 1. The largest absolute Gasteiger partial charge is 0.382 e. The van der Waals surface area contributed by atoms with Crippen molar-refractivity contribution >= 4 is 16.9 Å². The molecule has 0 saturated heterocycles. The molecule has 8 nitrogen and oxygen atoms in total. The van der Waals surface area contributed by atoms with E-state index in [0.717, 1.165) is 5.69 Å². The molecule has 3 aromatic heterocycles. The van der Waals surface area contributed by atoms with Crippen LogP contribution in [0.4, 0.5) is 5.82 Å². The first kappa shape index (κ1) is 13.9. The van der Waals surface area contributed by atoms with Gasteiger partial charge in [0.05, 0.1) is 23.5 Å². The minimum atomic E-state index is 0.240. The molecular weight excluding hydrogens is 304 g/mol. The van der Waals surface area contributed by atoms with Crippen molar-refractivity contribution in [2.24, 2.45) is 0 Å². The van der Waals surface area contributed by atoms with E-state index in [1.165, 1.54) is 10.9 Å². The van der Waals surface area contributed by atoms with Crippen molar-refractivity contribution in [1.29, 1.82) is 5.26 Å². The molecule has 3 heterocycles. The highest BCUT2D eigenvalue weighted by Crippen LogP contribution is 2.24. The Balaban J connectivity index is 2.00. The Bertz CT molecular complexity index is 1080. The van der Waals surface area contributed by atoms with E-state index in [4.69, 9.17) is 11.0 Å². The normalized spacial score (nSPS) is 10.8. The van der Waals surface area contributed by atoms with E-state index < -0.39 is 0 Å². The zero-order valence-corrected chi connectivity index (χ0v) is 12.7. The number of aromatic nitrogens is 6. The molecule has 116 valence electrons. The summed E-state index contributed by atoms with van der Waals surface area (Å²) in [6, 6.07) is 11.7. The number of para-hydroxylation sites is 1. The summed E-state index contributed by atoms with van der Waals surface area (Å²) in [4.78, 5) is 8.93. The summed E-state index contributed by atoms with van der Waals surface area (Å²) in [5, 5.41) is 18.4. The number of nitrogens with two attached hydrogens (primary N) is 1. The summed E-state index contributed by atoms with van der Waals surface area (Å²) in [5.41, 5.74) is 7.84. The fourth-order valence-electron chi connectivity index (χ4n) is 2.53. The van der Waals surface area contributed by atoms with Gasteiger partial charge in [0, 0.05) is 0 Å². The van der Waals surface area contributed by atoms with Gasteiger partial charge in [0.2, 0.25) is 0 Å². The van der Waals surface area contributed by atoms with Gasteiger partial charge < -0.3 is 5.73 Å². The lowest BCUT2D eigenvalue weighted by molar-refractivity contribution is 0.845. The van der Waals surface area contributed by atoms with Crippen molar-refractivity contribution in [2.45, 2.75) is 6.92 Å². The van der Waals surface area contributed by atoms with Crippen molar-refractivity contribution in [3.63, 3.8) is 0 Å². The molecule has 0 amide bonds. The lowest BCUT2D eigenvalue weighted by Crippen LogP contribution is -2.08. The van der Waals surface area contributed by atoms with Crippen LogP contribution in [0.5, 0.6) is 0 Å². The summed E-state index contributed by atoms with van der Waals surface area (Å²) < 4.78 is 3.17. The topological polar surface area (TPSA) is 111 Å². The molecule has 0 bridgehead atoms. The van der Waals surface area contributed by atoms with Crippen molar-refractivity contribution < 1.29 is 0 Å². The minimum Gasteiger partial charge on any atom is -0.382 e. The number of fused-ring (bicyclic) bond motifs is 1.